The number of carboxylic acids is 1. The van der Waals surface area contributed by atoms with Gasteiger partial charge >= 0.3 is 5.97 Å². The van der Waals surface area contributed by atoms with Crippen LogP contribution < -0.4 is 5.32 Å². The number of nitrogens with zero attached hydrogens (tertiary/aromatic N) is 2. The van der Waals surface area contributed by atoms with E-state index in [0.717, 1.165) is 12.8 Å². The van der Waals surface area contributed by atoms with E-state index in [-0.39, 0.29) is 5.82 Å². The topological polar surface area (TPSA) is 128 Å². The van der Waals surface area contributed by atoms with Crippen molar-refractivity contribution in [1.29, 1.82) is 0 Å². The highest BCUT2D eigenvalue weighted by Gasteiger charge is 2.29. The molecule has 1 aliphatic carbocycles. The first-order valence-electron chi connectivity index (χ1n) is 5.18. The Morgan fingerprint density at radius 2 is 2.24 bits per heavy atom. The van der Waals surface area contributed by atoms with E-state index in [0.29, 0.717) is 11.7 Å². The molecule has 8 heteroatoms. The maximum absolute atomic E-state index is 11.5. The number of nitrogens with one attached hydrogen (secondary N) is 2. The molecule has 1 aromatic heterocycles. The van der Waals surface area contributed by atoms with Crippen molar-refractivity contribution in [1.82, 2.24) is 20.5 Å². The molecule has 8 nitrogen and oxygen atoms in total. The lowest BCUT2D eigenvalue weighted by molar-refractivity contribution is -0.140. The third-order valence-electron chi connectivity index (χ3n) is 2.46. The summed E-state index contributed by atoms with van der Waals surface area (Å²) >= 11 is 0. The number of carbonyl (C=O) groups excluding carboxylic acids is 1. The number of amides is 1. The molecule has 0 bridgehead atoms. The van der Waals surface area contributed by atoms with Gasteiger partial charge in [0.25, 0.3) is 5.91 Å². The second-order valence-electron chi connectivity index (χ2n) is 3.87. The summed E-state index contributed by atoms with van der Waals surface area (Å²) in [4.78, 5) is 26.1. The maximum atomic E-state index is 11.5. The Balaban J connectivity index is 2.00. The molecular formula is C9H12N4O4. The summed E-state index contributed by atoms with van der Waals surface area (Å²) in [6.45, 7) is -0.680. The van der Waals surface area contributed by atoms with Crippen molar-refractivity contribution in [2.24, 2.45) is 0 Å². The van der Waals surface area contributed by atoms with Crippen LogP contribution in [-0.4, -0.2) is 49.9 Å². The third-order valence-corrected chi connectivity index (χ3v) is 2.46. The Hall–Kier alpha value is -1.96. The Morgan fingerprint density at radius 3 is 2.76 bits per heavy atom. The smallest absolute Gasteiger partial charge is 0.328 e. The van der Waals surface area contributed by atoms with Gasteiger partial charge in [0.15, 0.2) is 6.04 Å². The number of aromatic nitrogens is 3. The van der Waals surface area contributed by atoms with Gasteiger partial charge in [-0.05, 0) is 12.8 Å². The monoisotopic (exact) mass is 240 g/mol. The summed E-state index contributed by atoms with van der Waals surface area (Å²) in [6, 6.07) is -1.34. The molecule has 0 saturated heterocycles. The number of carbonyl (C=O) groups is 2. The number of hydrogen-bond acceptors (Lipinski definition) is 5. The van der Waals surface area contributed by atoms with Crippen molar-refractivity contribution in [3.8, 4) is 0 Å². The van der Waals surface area contributed by atoms with E-state index in [4.69, 9.17) is 10.2 Å². The minimum atomic E-state index is -1.34. The van der Waals surface area contributed by atoms with Crippen molar-refractivity contribution in [3.63, 3.8) is 0 Å². The number of H-pyrrole nitrogens is 1. The molecule has 1 aliphatic rings. The van der Waals surface area contributed by atoms with Crippen LogP contribution in [0, 0.1) is 0 Å². The Bertz CT molecular complexity index is 440. The summed E-state index contributed by atoms with van der Waals surface area (Å²) in [5.41, 5.74) is 0. The van der Waals surface area contributed by atoms with Crippen molar-refractivity contribution < 1.29 is 19.8 Å². The van der Waals surface area contributed by atoms with E-state index in [2.05, 4.69) is 20.5 Å². The first-order chi connectivity index (χ1) is 8.11. The number of aliphatic hydroxyl groups excluding tert-OH is 1. The molecule has 4 N–H and O–H groups in total. The third kappa shape index (κ3) is 2.59. The highest BCUT2D eigenvalue weighted by Crippen LogP contribution is 2.37. The largest absolute Gasteiger partial charge is 0.480 e. The van der Waals surface area contributed by atoms with Crippen LogP contribution in [0.1, 0.15) is 35.2 Å². The Morgan fingerprint density at radius 1 is 1.53 bits per heavy atom. The van der Waals surface area contributed by atoms with E-state index < -0.39 is 24.5 Å². The van der Waals surface area contributed by atoms with Crippen LogP contribution in [0.2, 0.25) is 0 Å². The highest BCUT2D eigenvalue weighted by atomic mass is 16.4. The predicted octanol–water partition coefficient (Wildman–Crippen LogP) is -1.14. The van der Waals surface area contributed by atoms with Gasteiger partial charge < -0.3 is 15.5 Å². The summed E-state index contributed by atoms with van der Waals surface area (Å²) in [5, 5.41) is 25.9. The molecule has 1 amide bonds. The lowest BCUT2D eigenvalue weighted by Crippen LogP contribution is -2.43. The van der Waals surface area contributed by atoms with Crippen molar-refractivity contribution in [3.05, 3.63) is 11.6 Å². The predicted molar refractivity (Wildman–Crippen MR) is 54.3 cm³/mol. The molecule has 1 fully saturated rings. The van der Waals surface area contributed by atoms with Gasteiger partial charge in [-0.15, -0.1) is 5.10 Å². The van der Waals surface area contributed by atoms with Gasteiger partial charge in [0.05, 0.1) is 6.61 Å². The van der Waals surface area contributed by atoms with E-state index in [1.165, 1.54) is 0 Å². The minimum absolute atomic E-state index is 0.105. The van der Waals surface area contributed by atoms with E-state index >= 15 is 0 Å². The van der Waals surface area contributed by atoms with Crippen LogP contribution in [0.15, 0.2) is 0 Å². The molecule has 0 radical (unpaired) electrons. The van der Waals surface area contributed by atoms with Gasteiger partial charge in [0.2, 0.25) is 5.82 Å². The van der Waals surface area contributed by atoms with Crippen LogP contribution >= 0.6 is 0 Å². The molecule has 1 heterocycles. The fourth-order valence-corrected chi connectivity index (χ4v) is 1.32. The molecule has 0 aliphatic heterocycles. The fraction of sp³-hybridized carbons (Fsp3) is 0.556. The average molecular weight is 240 g/mol. The first-order valence-corrected chi connectivity index (χ1v) is 5.18. The van der Waals surface area contributed by atoms with Crippen LogP contribution in [0.3, 0.4) is 0 Å². The van der Waals surface area contributed by atoms with Crippen LogP contribution in [0.25, 0.3) is 0 Å². The van der Waals surface area contributed by atoms with Crippen molar-refractivity contribution in [2.45, 2.75) is 24.8 Å². The zero-order chi connectivity index (χ0) is 12.4. The summed E-state index contributed by atoms with van der Waals surface area (Å²) in [6.07, 6.45) is 2.04. The zero-order valence-electron chi connectivity index (χ0n) is 8.88. The minimum Gasteiger partial charge on any atom is -0.480 e. The molecule has 17 heavy (non-hydrogen) atoms. The number of carboxylic acid groups (broad SMARTS) is 1. The Labute approximate surface area is 96.1 Å². The van der Waals surface area contributed by atoms with Gasteiger partial charge in [-0.1, -0.05) is 0 Å². The second-order valence-corrected chi connectivity index (χ2v) is 3.87. The lowest BCUT2D eigenvalue weighted by atomic mass is 10.3. The quantitative estimate of drug-likeness (QED) is 0.515. The fourth-order valence-electron chi connectivity index (χ4n) is 1.32. The molecular weight excluding hydrogens is 228 g/mol. The molecule has 0 unspecified atom stereocenters. The molecule has 1 saturated carbocycles. The van der Waals surface area contributed by atoms with E-state index in [9.17, 15) is 9.59 Å². The van der Waals surface area contributed by atoms with Gasteiger partial charge in [0, 0.05) is 5.92 Å². The van der Waals surface area contributed by atoms with E-state index in [1.54, 1.807) is 0 Å². The van der Waals surface area contributed by atoms with Crippen molar-refractivity contribution >= 4 is 11.9 Å². The van der Waals surface area contributed by atoms with Gasteiger partial charge in [0.1, 0.15) is 5.82 Å². The molecule has 1 atom stereocenters. The standard InChI is InChI=1S/C9H12N4O4/c14-3-5(9(16)17)10-8(15)7-11-6(12-13-7)4-1-2-4/h4-5,14H,1-3H2,(H,10,15)(H,16,17)(H,11,12,13)/t5-/m1/s1. The summed E-state index contributed by atoms with van der Waals surface area (Å²) in [5.74, 6) is -1.15. The molecule has 1 aromatic rings. The van der Waals surface area contributed by atoms with Gasteiger partial charge in [-0.3, -0.25) is 9.89 Å². The number of aliphatic hydroxyl groups is 1. The number of hydrogen-bond donors (Lipinski definition) is 4. The summed E-state index contributed by atoms with van der Waals surface area (Å²) < 4.78 is 0. The SMILES string of the molecule is O=C(N[C@H](CO)C(=O)O)c1n[nH]c(C2CC2)n1. The van der Waals surface area contributed by atoms with Crippen LogP contribution in [-0.2, 0) is 4.79 Å². The second kappa shape index (κ2) is 4.50. The zero-order valence-corrected chi connectivity index (χ0v) is 8.88. The van der Waals surface area contributed by atoms with Gasteiger partial charge in [-0.2, -0.15) is 0 Å². The maximum Gasteiger partial charge on any atom is 0.328 e. The lowest BCUT2D eigenvalue weighted by Gasteiger charge is -2.09. The van der Waals surface area contributed by atoms with Gasteiger partial charge in [-0.25, -0.2) is 9.78 Å². The molecule has 92 valence electrons. The average Bonchev–Trinajstić information content (AvgIpc) is 3.03. The van der Waals surface area contributed by atoms with Crippen LogP contribution in [0.4, 0.5) is 0 Å². The molecule has 0 aromatic carbocycles. The number of aliphatic carboxylic acids is 1. The molecule has 0 spiro atoms. The highest BCUT2D eigenvalue weighted by molar-refractivity contribution is 5.93. The van der Waals surface area contributed by atoms with Crippen molar-refractivity contribution in [2.75, 3.05) is 6.61 Å². The Kier molecular flexibility index (Phi) is 3.05. The normalized spacial score (nSPS) is 16.5. The number of aromatic amines is 1. The summed E-state index contributed by atoms with van der Waals surface area (Å²) in [7, 11) is 0. The first kappa shape index (κ1) is 11.5. The number of rotatable bonds is 5. The van der Waals surface area contributed by atoms with Crippen LogP contribution in [0.5, 0.6) is 0 Å². The molecule has 2 rings (SSSR count). The van der Waals surface area contributed by atoms with E-state index in [1.807, 2.05) is 0 Å².